The molecule has 0 atom stereocenters. The molecule has 73 heavy (non-hydrogen) atoms. The topological polar surface area (TPSA) is 210 Å². The van der Waals surface area contributed by atoms with Crippen molar-refractivity contribution in [3.63, 3.8) is 0 Å². The lowest BCUT2D eigenvalue weighted by Crippen LogP contribution is -2.43. The first-order chi connectivity index (χ1) is 34.5. The van der Waals surface area contributed by atoms with E-state index in [0.717, 1.165) is 0 Å². The zero-order valence-electron chi connectivity index (χ0n) is 39.2. The molecule has 24 heteroatoms. The average Bonchev–Trinajstić information content (AvgIpc) is 3.31. The molecule has 0 unspecified atom stereocenters. The minimum Gasteiger partial charge on any atom is -0.490 e. The van der Waals surface area contributed by atoms with Crippen LogP contribution in [0.2, 0.25) is 0 Å². The van der Waals surface area contributed by atoms with Crippen LogP contribution in [0.15, 0.2) is 48.5 Å². The summed E-state index contributed by atoms with van der Waals surface area (Å²) >= 11 is 46.6. The number of halogens is 8. The quantitative estimate of drug-likeness (QED) is 0.0329. The molecular formula is C49H44Cl8O16. The predicted molar refractivity (Wildman–Crippen MR) is 274 cm³/mol. The van der Waals surface area contributed by atoms with Crippen LogP contribution in [0.3, 0.4) is 0 Å². The van der Waals surface area contributed by atoms with E-state index in [1.165, 1.54) is 48.5 Å². The Kier molecular flexibility index (Phi) is 24.3. The second kappa shape index (κ2) is 29.0. The lowest BCUT2D eigenvalue weighted by atomic mass is 9.92. The lowest BCUT2D eigenvalue weighted by Gasteiger charge is -2.33. The van der Waals surface area contributed by atoms with Gasteiger partial charge in [-0.15, -0.1) is 0 Å². The van der Waals surface area contributed by atoms with Crippen LogP contribution in [0, 0.1) is 33.1 Å². The van der Waals surface area contributed by atoms with Crippen LogP contribution in [0.5, 0.6) is 23.0 Å². The molecular weight excluding hydrogens is 1130 g/mol. The van der Waals surface area contributed by atoms with E-state index < -0.39 is 47.4 Å². The van der Waals surface area contributed by atoms with Crippen LogP contribution >= 0.6 is 92.8 Å². The molecule has 0 aliphatic heterocycles. The minimum atomic E-state index is -1.28. The van der Waals surface area contributed by atoms with Crippen molar-refractivity contribution < 1.29 is 76.3 Å². The second-order valence-electron chi connectivity index (χ2n) is 16.1. The van der Waals surface area contributed by atoms with Crippen molar-refractivity contribution in [3.05, 3.63) is 115 Å². The largest absolute Gasteiger partial charge is 0.490 e. The SMILES string of the molecule is Cc1cc(C(=O)Cl)c(OCCOCC(COCCOc2c(C(=O)Cl)cc(C)cc2C(=O)Cl)(COCCOc2c(C(=O)Cl)cc(C)cc2C(=O)Cl)COCCOc2c(C(=O)Cl)cc(C)cc2C(=O)Cl)c(C(=O)Cl)c1. The fraction of sp³-hybridized carbons (Fsp3) is 0.347. The van der Waals surface area contributed by atoms with Gasteiger partial charge in [0.1, 0.15) is 49.4 Å². The van der Waals surface area contributed by atoms with Crippen LogP contribution in [0.4, 0.5) is 0 Å². The molecule has 0 heterocycles. The Bertz CT molecular complexity index is 2250. The fourth-order valence-electron chi connectivity index (χ4n) is 7.10. The van der Waals surface area contributed by atoms with Gasteiger partial charge < -0.3 is 37.9 Å². The summed E-state index contributed by atoms with van der Waals surface area (Å²) in [6, 6.07) is 11.4. The molecule has 16 nitrogen and oxygen atoms in total. The monoisotopic (exact) mass is 1170 g/mol. The average molecular weight is 1170 g/mol. The highest BCUT2D eigenvalue weighted by Crippen LogP contribution is 2.33. The first kappa shape index (κ1) is 61.1. The molecule has 4 aromatic carbocycles. The summed E-state index contributed by atoms with van der Waals surface area (Å²) < 4.78 is 47.7. The minimum absolute atomic E-state index is 0.107. The molecule has 0 aliphatic rings. The van der Waals surface area contributed by atoms with E-state index in [0.29, 0.717) is 22.3 Å². The molecule has 4 aromatic rings. The molecule has 0 N–H and O–H groups in total. The van der Waals surface area contributed by atoms with E-state index in [9.17, 15) is 38.4 Å². The van der Waals surface area contributed by atoms with E-state index in [4.69, 9.17) is 131 Å². The Morgan fingerprint density at radius 3 is 0.589 bits per heavy atom. The van der Waals surface area contributed by atoms with E-state index in [-0.39, 0.29) is 147 Å². The van der Waals surface area contributed by atoms with E-state index in [1.807, 2.05) is 0 Å². The van der Waals surface area contributed by atoms with Crippen molar-refractivity contribution in [2.75, 3.05) is 79.3 Å². The van der Waals surface area contributed by atoms with Gasteiger partial charge in [0.25, 0.3) is 41.9 Å². The number of carbonyl (C=O) groups excluding carboxylic acids is 8. The molecule has 0 radical (unpaired) electrons. The summed E-state index contributed by atoms with van der Waals surface area (Å²) in [6.45, 7) is 3.86. The van der Waals surface area contributed by atoms with Crippen molar-refractivity contribution in [1.29, 1.82) is 0 Å². The first-order valence-electron chi connectivity index (χ1n) is 21.5. The summed E-state index contributed by atoms with van der Waals surface area (Å²) in [7, 11) is 0. The maximum absolute atomic E-state index is 12.3. The summed E-state index contributed by atoms with van der Waals surface area (Å²) in [5.74, 6) is -0.665. The Labute approximate surface area is 458 Å². The maximum Gasteiger partial charge on any atom is 0.256 e. The molecule has 4 rings (SSSR count). The number of carbonyl (C=O) groups is 8. The molecule has 0 saturated carbocycles. The molecule has 0 aromatic heterocycles. The summed E-state index contributed by atoms with van der Waals surface area (Å²) in [4.78, 5) is 98.6. The van der Waals surface area contributed by atoms with Crippen LogP contribution < -0.4 is 18.9 Å². The standard InChI is InChI=1S/C49H44Cl8O16/c1-25-13-29(41(50)58)37(30(14-25)42(51)59)70-9-5-66-21-49(22-67-6-10-71-38-31(43(52)60)15-26(2)16-32(38)44(53)61,23-68-7-11-72-39-33(45(54)62)17-27(3)18-34(39)46(55)63)24-69-8-12-73-40-35(47(56)64)19-28(4)20-36(40)48(57)65/h13-20H,5-12,21-24H2,1-4H3. The van der Waals surface area contributed by atoms with Crippen LogP contribution in [0.1, 0.15) is 105 Å². The summed E-state index contributed by atoms with van der Waals surface area (Å²) in [5.41, 5.74) is -0.0804. The molecule has 392 valence electrons. The summed E-state index contributed by atoms with van der Waals surface area (Å²) in [6.07, 6.45) is 0. The maximum atomic E-state index is 12.3. The van der Waals surface area contributed by atoms with Gasteiger partial charge >= 0.3 is 0 Å². The number of rotatable bonds is 32. The Balaban J connectivity index is 1.63. The zero-order chi connectivity index (χ0) is 54.2. The van der Waals surface area contributed by atoms with Crippen molar-refractivity contribution in [2.45, 2.75) is 27.7 Å². The Hall–Kier alpha value is -4.40. The highest BCUT2D eigenvalue weighted by atomic mass is 35.5. The smallest absolute Gasteiger partial charge is 0.256 e. The number of hydrogen-bond acceptors (Lipinski definition) is 16. The number of aryl methyl sites for hydroxylation is 4. The van der Waals surface area contributed by atoms with E-state index in [2.05, 4.69) is 0 Å². The van der Waals surface area contributed by atoms with E-state index in [1.54, 1.807) is 27.7 Å². The van der Waals surface area contributed by atoms with Gasteiger partial charge in [-0.2, -0.15) is 0 Å². The third kappa shape index (κ3) is 17.9. The first-order valence-corrected chi connectivity index (χ1v) is 24.5. The van der Waals surface area contributed by atoms with Gasteiger partial charge in [0.05, 0.1) is 103 Å². The van der Waals surface area contributed by atoms with Crippen molar-refractivity contribution in [3.8, 4) is 23.0 Å². The van der Waals surface area contributed by atoms with Gasteiger partial charge in [0, 0.05) is 0 Å². The zero-order valence-corrected chi connectivity index (χ0v) is 45.2. The third-order valence-corrected chi connectivity index (χ3v) is 11.8. The van der Waals surface area contributed by atoms with Gasteiger partial charge in [-0.05, 0) is 191 Å². The van der Waals surface area contributed by atoms with Gasteiger partial charge in [0.15, 0.2) is 0 Å². The fourth-order valence-corrected chi connectivity index (χ4v) is 8.22. The van der Waals surface area contributed by atoms with Crippen molar-refractivity contribution >= 4 is 135 Å². The molecule has 0 spiro atoms. The summed E-state index contributed by atoms with van der Waals surface area (Å²) in [5, 5.41) is -7.25. The van der Waals surface area contributed by atoms with E-state index >= 15 is 0 Å². The van der Waals surface area contributed by atoms with Crippen molar-refractivity contribution in [2.24, 2.45) is 5.41 Å². The predicted octanol–water partition coefficient (Wildman–Crippen LogP) is 10.6. The second-order valence-corrected chi connectivity index (χ2v) is 18.8. The third-order valence-electron chi connectivity index (χ3n) is 10.2. The molecule has 0 amide bonds. The lowest BCUT2D eigenvalue weighted by molar-refractivity contribution is -0.113. The number of benzene rings is 4. The molecule has 0 fully saturated rings. The molecule has 0 saturated heterocycles. The Morgan fingerprint density at radius 1 is 0.301 bits per heavy atom. The van der Waals surface area contributed by atoms with Crippen LogP contribution in [-0.2, 0) is 18.9 Å². The van der Waals surface area contributed by atoms with Gasteiger partial charge in [0.2, 0.25) is 0 Å². The van der Waals surface area contributed by atoms with Gasteiger partial charge in [-0.3, -0.25) is 38.4 Å². The molecule has 0 bridgehead atoms. The number of hydrogen-bond donors (Lipinski definition) is 0. The van der Waals surface area contributed by atoms with Gasteiger partial charge in [-0.25, -0.2) is 0 Å². The Morgan fingerprint density at radius 2 is 0.452 bits per heavy atom. The highest BCUT2D eigenvalue weighted by Gasteiger charge is 2.34. The highest BCUT2D eigenvalue weighted by molar-refractivity contribution is 6.72. The van der Waals surface area contributed by atoms with Gasteiger partial charge in [-0.1, -0.05) is 0 Å². The van der Waals surface area contributed by atoms with Crippen LogP contribution in [-0.4, -0.2) is 121 Å². The van der Waals surface area contributed by atoms with Crippen LogP contribution in [0.25, 0.3) is 0 Å². The number of ether oxygens (including phenoxy) is 8. The van der Waals surface area contributed by atoms with Crippen molar-refractivity contribution in [1.82, 2.24) is 0 Å². The molecule has 0 aliphatic carbocycles. The normalized spacial score (nSPS) is 11.2.